The van der Waals surface area contributed by atoms with Crippen LogP contribution in [-0.4, -0.2) is 70.4 Å². The van der Waals surface area contributed by atoms with Crippen molar-refractivity contribution >= 4 is 29.5 Å². The number of hydrogen-bond acceptors (Lipinski definition) is 6. The first-order valence-electron chi connectivity index (χ1n) is 15.1. The van der Waals surface area contributed by atoms with Crippen molar-refractivity contribution in [2.75, 3.05) is 25.0 Å². The van der Waals surface area contributed by atoms with Gasteiger partial charge in [0.25, 0.3) is 0 Å². The minimum absolute atomic E-state index is 0.0133. The Morgan fingerprint density at radius 2 is 1.88 bits per heavy atom. The van der Waals surface area contributed by atoms with Gasteiger partial charge in [0.05, 0.1) is 0 Å². The molecule has 10 heteroatoms. The van der Waals surface area contributed by atoms with Crippen LogP contribution in [-0.2, 0) is 32.0 Å². The second-order valence-corrected chi connectivity index (χ2v) is 12.3. The zero-order valence-corrected chi connectivity index (χ0v) is 23.4. The van der Waals surface area contributed by atoms with Crippen molar-refractivity contribution in [2.24, 2.45) is 11.3 Å². The monoisotopic (exact) mass is 553 g/mol. The van der Waals surface area contributed by atoms with Crippen molar-refractivity contribution < 1.29 is 24.3 Å². The average molecular weight is 554 g/mol. The van der Waals surface area contributed by atoms with E-state index in [4.69, 9.17) is 4.98 Å². The summed E-state index contributed by atoms with van der Waals surface area (Å²) in [6.07, 6.45) is 10.4. The van der Waals surface area contributed by atoms with Crippen LogP contribution in [0.4, 0.5) is 5.82 Å². The number of carboxylic acid groups (broad SMARTS) is 1. The fourth-order valence-electron chi connectivity index (χ4n) is 6.93. The highest BCUT2D eigenvalue weighted by atomic mass is 16.4. The van der Waals surface area contributed by atoms with Gasteiger partial charge in [-0.2, -0.15) is 0 Å². The van der Waals surface area contributed by atoms with Gasteiger partial charge in [-0.15, -0.1) is 0 Å². The lowest BCUT2D eigenvalue weighted by atomic mass is 9.60. The Kier molecular flexibility index (Phi) is 8.90. The molecule has 10 nitrogen and oxygen atoms in total. The predicted molar refractivity (Wildman–Crippen MR) is 150 cm³/mol. The van der Waals surface area contributed by atoms with Crippen molar-refractivity contribution in [2.45, 2.75) is 102 Å². The maximum absolute atomic E-state index is 13.0. The Morgan fingerprint density at radius 3 is 2.62 bits per heavy atom. The van der Waals surface area contributed by atoms with Gasteiger partial charge < -0.3 is 26.0 Å². The van der Waals surface area contributed by atoms with Crippen LogP contribution in [0.25, 0.3) is 0 Å². The maximum Gasteiger partial charge on any atom is 0.326 e. The predicted octanol–water partition coefficient (Wildman–Crippen LogP) is 2.80. The van der Waals surface area contributed by atoms with E-state index in [1.165, 1.54) is 5.56 Å². The number of amides is 3. The number of nitrogens with one attached hydrogen (secondary N) is 3. The normalized spacial score (nSPS) is 25.9. The number of likely N-dealkylation sites (tertiary alicyclic amines) is 1. The van der Waals surface area contributed by atoms with Crippen LogP contribution in [0.5, 0.6) is 0 Å². The quantitative estimate of drug-likeness (QED) is 0.330. The summed E-state index contributed by atoms with van der Waals surface area (Å²) in [5, 5.41) is 18.7. The van der Waals surface area contributed by atoms with E-state index in [2.05, 4.69) is 28.1 Å². The van der Waals surface area contributed by atoms with Gasteiger partial charge in [-0.1, -0.05) is 6.07 Å². The molecule has 6 rings (SSSR count). The molecule has 0 spiro atoms. The molecule has 1 saturated heterocycles. The third-order valence-electron chi connectivity index (χ3n) is 9.52. The number of nitrogens with zero attached hydrogens (tertiary/aromatic N) is 2. The van der Waals surface area contributed by atoms with Crippen LogP contribution in [0.15, 0.2) is 12.1 Å². The Bertz CT molecular complexity index is 1100. The highest BCUT2D eigenvalue weighted by molar-refractivity contribution is 5.88. The van der Waals surface area contributed by atoms with Gasteiger partial charge in [-0.05, 0) is 94.6 Å². The summed E-state index contributed by atoms with van der Waals surface area (Å²) in [6, 6.07) is 2.97. The second-order valence-electron chi connectivity index (χ2n) is 12.3. The number of fused-ring (bicyclic) bond motifs is 4. The summed E-state index contributed by atoms with van der Waals surface area (Å²) in [4.78, 5) is 56.7. The molecule has 3 aliphatic carbocycles. The molecular weight excluding hydrogens is 510 g/mol. The molecule has 3 heterocycles. The number of hydrogen-bond donors (Lipinski definition) is 4. The fraction of sp³-hybridized carbons (Fsp3) is 0.700. The fourth-order valence-corrected chi connectivity index (χ4v) is 6.93. The van der Waals surface area contributed by atoms with E-state index >= 15 is 0 Å². The molecule has 0 aromatic carbocycles. The smallest absolute Gasteiger partial charge is 0.326 e. The van der Waals surface area contributed by atoms with Crippen molar-refractivity contribution in [3.05, 3.63) is 23.4 Å². The molecule has 2 aliphatic heterocycles. The number of carbonyl (C=O) groups is 4. The van der Waals surface area contributed by atoms with Crippen molar-refractivity contribution in [1.82, 2.24) is 20.5 Å². The van der Waals surface area contributed by atoms with Gasteiger partial charge in [0.2, 0.25) is 17.7 Å². The highest BCUT2D eigenvalue weighted by Crippen LogP contribution is 2.50. The summed E-state index contributed by atoms with van der Waals surface area (Å²) < 4.78 is 0. The summed E-state index contributed by atoms with van der Waals surface area (Å²) >= 11 is 0. The van der Waals surface area contributed by atoms with Crippen LogP contribution >= 0.6 is 0 Å². The number of aryl methyl sites for hydroxylation is 2. The Morgan fingerprint density at radius 1 is 1.10 bits per heavy atom. The largest absolute Gasteiger partial charge is 0.480 e. The average Bonchev–Trinajstić information content (AvgIpc) is 3.44. The van der Waals surface area contributed by atoms with E-state index in [1.807, 2.05) is 0 Å². The topological polar surface area (TPSA) is 141 Å². The van der Waals surface area contributed by atoms with Crippen LogP contribution < -0.4 is 16.0 Å². The van der Waals surface area contributed by atoms with E-state index in [0.717, 1.165) is 82.3 Å². The number of pyridine rings is 1. The number of carbonyl (C=O) groups excluding carboxylic acids is 3. The van der Waals surface area contributed by atoms with Crippen LogP contribution in [0, 0.1) is 11.3 Å². The lowest BCUT2D eigenvalue weighted by Crippen LogP contribution is -2.52. The summed E-state index contributed by atoms with van der Waals surface area (Å²) in [5.74, 6) is 0.246. The van der Waals surface area contributed by atoms with Gasteiger partial charge >= 0.3 is 5.97 Å². The molecule has 1 aromatic heterocycles. The first kappa shape index (κ1) is 28.4. The van der Waals surface area contributed by atoms with Crippen LogP contribution in [0.1, 0.15) is 88.3 Å². The third kappa shape index (κ3) is 6.75. The molecule has 3 saturated carbocycles. The van der Waals surface area contributed by atoms with Gasteiger partial charge in [0.15, 0.2) is 0 Å². The van der Waals surface area contributed by atoms with E-state index in [9.17, 15) is 24.3 Å². The lowest BCUT2D eigenvalue weighted by molar-refractivity contribution is -0.146. The zero-order valence-electron chi connectivity index (χ0n) is 23.4. The van der Waals surface area contributed by atoms with E-state index in [0.29, 0.717) is 31.8 Å². The number of aromatic nitrogens is 1. The molecule has 2 bridgehead atoms. The van der Waals surface area contributed by atoms with E-state index in [1.54, 1.807) is 4.90 Å². The number of carboxylic acids is 1. The Balaban J connectivity index is 1.01. The molecule has 4 N–H and O–H groups in total. The number of aliphatic carboxylic acids is 1. The zero-order chi connectivity index (χ0) is 28.1. The summed E-state index contributed by atoms with van der Waals surface area (Å²) in [7, 11) is 0. The molecule has 0 radical (unpaired) electrons. The lowest BCUT2D eigenvalue weighted by Gasteiger charge is -2.45. The third-order valence-corrected chi connectivity index (χ3v) is 9.52. The Hall–Kier alpha value is -3.17. The van der Waals surface area contributed by atoms with Gasteiger partial charge in [0, 0.05) is 49.6 Å². The van der Waals surface area contributed by atoms with E-state index in [-0.39, 0.29) is 36.6 Å². The minimum atomic E-state index is -1.11. The standard InChI is InChI=1S/C30H43N5O5/c36-25(9-8-24(28(38)39)34-29(40)30-14-10-20(11-15-30)12-16-30)32-23-13-18-35(19-23)26(37)5-1-4-22-7-6-21-3-2-17-31-27(21)33-22/h6-7,20,23-24H,1-5,8-19H2,(H,31,33)(H,32,36)(H,34,40)(H,38,39)/t20?,23-,24-,30?/m0/s1. The molecule has 218 valence electrons. The minimum Gasteiger partial charge on any atom is -0.480 e. The van der Waals surface area contributed by atoms with Gasteiger partial charge in [-0.3, -0.25) is 14.4 Å². The SMILES string of the molecule is O=C(CC[C@H](NC(=O)C12CCC(CC1)CC2)C(=O)O)N[C@H]1CCN(C(=O)CCCc2ccc3c(n2)NCCC3)C1. The number of rotatable bonds is 11. The van der Waals surface area contributed by atoms with E-state index < -0.39 is 17.4 Å². The number of anilines is 1. The van der Waals surface area contributed by atoms with Crippen molar-refractivity contribution in [3.63, 3.8) is 0 Å². The molecular formula is C30H43N5O5. The van der Waals surface area contributed by atoms with Crippen LogP contribution in [0.3, 0.4) is 0 Å². The first-order chi connectivity index (χ1) is 19.3. The molecule has 2 atom stereocenters. The molecule has 0 unspecified atom stereocenters. The molecule has 40 heavy (non-hydrogen) atoms. The maximum atomic E-state index is 13.0. The Labute approximate surface area is 236 Å². The summed E-state index contributed by atoms with van der Waals surface area (Å²) in [5.41, 5.74) is 1.82. The van der Waals surface area contributed by atoms with Crippen molar-refractivity contribution in [3.8, 4) is 0 Å². The second kappa shape index (κ2) is 12.6. The summed E-state index contributed by atoms with van der Waals surface area (Å²) in [6.45, 7) is 2.02. The molecule has 3 amide bonds. The molecule has 5 aliphatic rings. The van der Waals surface area contributed by atoms with Gasteiger partial charge in [-0.25, -0.2) is 9.78 Å². The van der Waals surface area contributed by atoms with Crippen LogP contribution in [0.2, 0.25) is 0 Å². The first-order valence-corrected chi connectivity index (χ1v) is 15.1. The van der Waals surface area contributed by atoms with Crippen molar-refractivity contribution in [1.29, 1.82) is 0 Å². The molecule has 1 aromatic rings. The molecule has 4 fully saturated rings. The highest BCUT2D eigenvalue weighted by Gasteiger charge is 2.46. The van der Waals surface area contributed by atoms with Gasteiger partial charge in [0.1, 0.15) is 11.9 Å².